The fraction of sp³-hybridized carbons (Fsp3) is 0.880. The molecule has 0 radical (unpaired) electrons. The zero-order valence-corrected chi connectivity index (χ0v) is 23.8. The highest BCUT2D eigenvalue weighted by molar-refractivity contribution is 7.78. The third kappa shape index (κ3) is 10.8. The number of nitrogens with zero attached hydrogens (tertiary/aromatic N) is 3. The first kappa shape index (κ1) is 28.8. The summed E-state index contributed by atoms with van der Waals surface area (Å²) in [6.07, 6.45) is 20.7. The molecule has 2 fully saturated rings. The molecule has 4 nitrogen and oxygen atoms in total. The summed E-state index contributed by atoms with van der Waals surface area (Å²) in [5, 5.41) is 7.18. The minimum Gasteiger partial charge on any atom is -0.378 e. The number of isothiocyanates is 3. The third-order valence-electron chi connectivity index (χ3n) is 7.68. The van der Waals surface area contributed by atoms with Gasteiger partial charge in [0.05, 0.1) is 21.6 Å². The van der Waals surface area contributed by atoms with Crippen molar-refractivity contribution in [1.29, 1.82) is 0 Å². The van der Waals surface area contributed by atoms with E-state index in [2.05, 4.69) is 36.4 Å². The molecule has 0 aromatic heterocycles. The largest absolute Gasteiger partial charge is 0.461 e. The number of ether oxygens (including phenoxy) is 1. The minimum atomic E-state index is -2.79. The highest BCUT2D eigenvalue weighted by atomic mass is 32.1. The zero-order valence-electron chi connectivity index (χ0n) is 20.3. The summed E-state index contributed by atoms with van der Waals surface area (Å²) in [6, 6.07) is 0.640. The Morgan fingerprint density at radius 2 is 1.27 bits per heavy atom. The van der Waals surface area contributed by atoms with Crippen LogP contribution in [0.3, 0.4) is 0 Å². The number of rotatable bonds is 15. The van der Waals surface area contributed by atoms with Gasteiger partial charge in [-0.25, -0.2) is 14.0 Å². The summed E-state index contributed by atoms with van der Waals surface area (Å²) < 4.78 is 18.7. The van der Waals surface area contributed by atoms with Crippen LogP contribution in [-0.4, -0.2) is 36.8 Å². The molecule has 184 valence electrons. The van der Waals surface area contributed by atoms with Crippen LogP contribution in [0.4, 0.5) is 0 Å². The molecule has 0 amide bonds. The Balaban J connectivity index is 1.62. The molecular weight excluding hydrogens is 483 g/mol. The topological polar surface area (TPSA) is 46.3 Å². The molecule has 2 aliphatic carbocycles. The molecule has 0 aliphatic heterocycles. The van der Waals surface area contributed by atoms with Gasteiger partial charge in [0.25, 0.3) is 0 Å². The van der Waals surface area contributed by atoms with Gasteiger partial charge in [0.1, 0.15) is 0 Å². The van der Waals surface area contributed by atoms with E-state index in [1.54, 1.807) is 0 Å². The number of hydrogen-bond donors (Lipinski definition) is 0. The van der Waals surface area contributed by atoms with E-state index < -0.39 is 8.56 Å². The fourth-order valence-electron chi connectivity index (χ4n) is 5.73. The van der Waals surface area contributed by atoms with Crippen LogP contribution < -0.4 is 0 Å². The highest BCUT2D eigenvalue weighted by Crippen LogP contribution is 2.41. The van der Waals surface area contributed by atoms with Gasteiger partial charge in [-0.1, -0.05) is 58.3 Å². The molecule has 0 spiro atoms. The third-order valence-corrected chi connectivity index (χ3v) is 10.9. The van der Waals surface area contributed by atoms with Gasteiger partial charge < -0.3 is 4.74 Å². The van der Waals surface area contributed by atoms with E-state index in [4.69, 9.17) is 41.4 Å². The van der Waals surface area contributed by atoms with Gasteiger partial charge in [-0.2, -0.15) is 0 Å². The molecule has 0 aromatic carbocycles. The van der Waals surface area contributed by atoms with Gasteiger partial charge in [-0.05, 0) is 99.4 Å². The van der Waals surface area contributed by atoms with Gasteiger partial charge in [-0.3, -0.25) is 0 Å². The van der Waals surface area contributed by atoms with E-state index in [0.717, 1.165) is 24.2 Å². The predicted molar refractivity (Wildman–Crippen MR) is 151 cm³/mol. The summed E-state index contributed by atoms with van der Waals surface area (Å²) in [6.45, 7) is 2.98. The Morgan fingerprint density at radius 1 is 0.727 bits per heavy atom. The lowest BCUT2D eigenvalue weighted by molar-refractivity contribution is 0.00715. The average molecular weight is 524 g/mol. The molecule has 0 unspecified atom stereocenters. The maximum absolute atomic E-state index is 6.20. The van der Waals surface area contributed by atoms with Crippen molar-refractivity contribution in [3.05, 3.63) is 0 Å². The average Bonchev–Trinajstić information content (AvgIpc) is 2.83. The van der Waals surface area contributed by atoms with Crippen LogP contribution in [0, 0.1) is 17.8 Å². The Hall–Kier alpha value is -0.423. The predicted octanol–water partition coefficient (Wildman–Crippen LogP) is 8.37. The van der Waals surface area contributed by atoms with Crippen LogP contribution in [0.5, 0.6) is 0 Å². The van der Waals surface area contributed by atoms with E-state index in [1.165, 1.54) is 89.9 Å². The number of thiocarbonyl (C=S) groups is 3. The van der Waals surface area contributed by atoms with E-state index >= 15 is 0 Å². The van der Waals surface area contributed by atoms with Gasteiger partial charge in [0.2, 0.25) is 0 Å². The van der Waals surface area contributed by atoms with E-state index in [1.807, 2.05) is 0 Å². The van der Waals surface area contributed by atoms with Crippen LogP contribution in [0.1, 0.15) is 103 Å². The second-order valence-corrected chi connectivity index (χ2v) is 13.1. The van der Waals surface area contributed by atoms with Crippen molar-refractivity contribution in [1.82, 2.24) is 0 Å². The molecule has 0 saturated heterocycles. The van der Waals surface area contributed by atoms with Crippen molar-refractivity contribution in [2.45, 2.75) is 115 Å². The lowest BCUT2D eigenvalue weighted by Gasteiger charge is -2.38. The minimum absolute atomic E-state index is 0.383. The zero-order chi connectivity index (χ0) is 23.8. The first-order chi connectivity index (χ1) is 16.2. The molecule has 2 rings (SSSR count). The molecule has 8 heteroatoms. The molecule has 0 heterocycles. The van der Waals surface area contributed by atoms with Gasteiger partial charge in [0, 0.05) is 12.7 Å². The Labute approximate surface area is 218 Å². The molecule has 0 bridgehead atoms. The molecule has 0 atom stereocenters. The summed E-state index contributed by atoms with van der Waals surface area (Å²) in [7, 11) is -2.79. The quantitative estimate of drug-likeness (QED) is 0.0936. The fourth-order valence-corrected chi connectivity index (χ4v) is 8.59. The Morgan fingerprint density at radius 3 is 1.82 bits per heavy atom. The van der Waals surface area contributed by atoms with Crippen molar-refractivity contribution < 1.29 is 4.74 Å². The van der Waals surface area contributed by atoms with Crippen LogP contribution in [0.15, 0.2) is 14.0 Å². The normalized spacial score (nSPS) is 26.8. The van der Waals surface area contributed by atoms with Crippen LogP contribution in [-0.2, 0) is 4.74 Å². The van der Waals surface area contributed by atoms with Crippen molar-refractivity contribution >= 4 is 60.7 Å². The molecule has 0 aromatic rings. The van der Waals surface area contributed by atoms with Crippen molar-refractivity contribution in [3.63, 3.8) is 0 Å². The van der Waals surface area contributed by atoms with Crippen molar-refractivity contribution in [2.75, 3.05) is 6.61 Å². The van der Waals surface area contributed by atoms with E-state index in [-0.39, 0.29) is 0 Å². The van der Waals surface area contributed by atoms with Crippen LogP contribution in [0.25, 0.3) is 0 Å². The standard InChI is InChI=1S/C25H41N3OS3Si/c1-2-3-4-5-6-8-22-9-11-23(12-10-22)24-13-15-25(16-14-24)29-17-7-18-33(26-19-30,27-20-31)28-21-32/h22-25H,2-18H2,1H3. The summed E-state index contributed by atoms with van der Waals surface area (Å²) in [4.78, 5) is 0. The van der Waals surface area contributed by atoms with E-state index in [9.17, 15) is 0 Å². The molecule has 33 heavy (non-hydrogen) atoms. The van der Waals surface area contributed by atoms with Crippen LogP contribution >= 0.6 is 36.7 Å². The van der Waals surface area contributed by atoms with Gasteiger partial charge in [0.15, 0.2) is 0 Å². The summed E-state index contributed by atoms with van der Waals surface area (Å²) >= 11 is 14.3. The molecule has 2 aliphatic rings. The van der Waals surface area contributed by atoms with E-state index in [0.29, 0.717) is 18.8 Å². The maximum atomic E-state index is 6.20. The number of unbranched alkanes of at least 4 members (excludes halogenated alkanes) is 4. The Bertz CT molecular complexity index is 656. The summed E-state index contributed by atoms with van der Waals surface area (Å²) in [5.74, 6) is 2.88. The molecule has 0 N–H and O–H groups in total. The maximum Gasteiger partial charge on any atom is 0.461 e. The second-order valence-electron chi connectivity index (χ2n) is 9.88. The van der Waals surface area contributed by atoms with Gasteiger partial charge in [-0.15, -0.1) is 0 Å². The SMILES string of the molecule is CCCCCCCC1CCC(C2CCC(OCCC[Si](N=C=S)(N=C=S)N=C=S)CC2)CC1. The first-order valence-electron chi connectivity index (χ1n) is 13.0. The lowest BCUT2D eigenvalue weighted by atomic mass is 9.70. The van der Waals surface area contributed by atoms with Gasteiger partial charge >= 0.3 is 8.56 Å². The van der Waals surface area contributed by atoms with Crippen molar-refractivity contribution in [2.24, 2.45) is 31.7 Å². The monoisotopic (exact) mass is 523 g/mol. The number of hydrogen-bond acceptors (Lipinski definition) is 7. The smallest absolute Gasteiger partial charge is 0.378 e. The second kappa shape index (κ2) is 17.1. The van der Waals surface area contributed by atoms with Crippen molar-refractivity contribution in [3.8, 4) is 0 Å². The lowest BCUT2D eigenvalue weighted by Crippen LogP contribution is -2.30. The highest BCUT2D eigenvalue weighted by Gasteiger charge is 2.34. The Kier molecular flexibility index (Phi) is 14.9. The van der Waals surface area contributed by atoms with Crippen LogP contribution in [0.2, 0.25) is 6.04 Å². The molecule has 2 saturated carbocycles. The molecular formula is C25H41N3OS3Si. The first-order valence-corrected chi connectivity index (χ1v) is 16.3. The summed E-state index contributed by atoms with van der Waals surface area (Å²) in [5.41, 5.74) is 0.